The van der Waals surface area contributed by atoms with Gasteiger partial charge in [-0.3, -0.25) is 9.48 Å². The van der Waals surface area contributed by atoms with Gasteiger partial charge in [-0.25, -0.2) is 4.98 Å². The zero-order valence-electron chi connectivity index (χ0n) is 12.4. The second kappa shape index (κ2) is 7.19. The summed E-state index contributed by atoms with van der Waals surface area (Å²) in [7, 11) is 0. The fraction of sp³-hybridized carbons (Fsp3) is 0.250. The van der Waals surface area contributed by atoms with E-state index in [0.29, 0.717) is 22.9 Å². The van der Waals surface area contributed by atoms with Crippen molar-refractivity contribution in [1.82, 2.24) is 19.9 Å². The third kappa shape index (κ3) is 4.04. The Bertz CT molecular complexity index is 766. The van der Waals surface area contributed by atoms with Crippen LogP contribution < -0.4 is 0 Å². The Labute approximate surface area is 138 Å². The Morgan fingerprint density at radius 1 is 1.22 bits per heavy atom. The fourth-order valence-corrected chi connectivity index (χ4v) is 2.32. The van der Waals surface area contributed by atoms with Crippen molar-refractivity contribution in [1.29, 1.82) is 0 Å². The van der Waals surface area contributed by atoms with E-state index in [1.165, 1.54) is 6.33 Å². The molecular weight excluding hydrogens is 316 g/mol. The summed E-state index contributed by atoms with van der Waals surface area (Å²) >= 11 is 5.85. The topological polar surface area (TPSA) is 73.8 Å². The summed E-state index contributed by atoms with van der Waals surface area (Å²) in [5.41, 5.74) is 1.20. The summed E-state index contributed by atoms with van der Waals surface area (Å²) in [5.74, 6) is 0.542. The van der Waals surface area contributed by atoms with Gasteiger partial charge in [-0.1, -0.05) is 16.8 Å². The van der Waals surface area contributed by atoms with Crippen LogP contribution in [0.3, 0.4) is 0 Å². The molecule has 0 radical (unpaired) electrons. The minimum atomic E-state index is -0.0208. The van der Waals surface area contributed by atoms with Gasteiger partial charge in [-0.15, -0.1) is 0 Å². The zero-order chi connectivity index (χ0) is 16.1. The summed E-state index contributed by atoms with van der Waals surface area (Å²) in [4.78, 5) is 16.0. The van der Waals surface area contributed by atoms with Crippen LogP contribution in [0.25, 0.3) is 11.3 Å². The van der Waals surface area contributed by atoms with Gasteiger partial charge in [0.2, 0.25) is 0 Å². The third-order valence-corrected chi connectivity index (χ3v) is 3.68. The first-order valence-corrected chi connectivity index (χ1v) is 7.68. The van der Waals surface area contributed by atoms with Gasteiger partial charge in [-0.05, 0) is 37.1 Å². The van der Waals surface area contributed by atoms with E-state index in [1.807, 2.05) is 12.1 Å². The standard InChI is InChI=1S/C16H15ClN4O2/c17-13-6-4-12(5-7-13)16-9-14(20-23-16)15(22)3-1-2-8-21-11-18-10-19-21/h4-7,9-11H,1-3,8H2. The second-order valence-corrected chi connectivity index (χ2v) is 5.56. The van der Waals surface area contributed by atoms with Gasteiger partial charge in [0.05, 0.1) is 0 Å². The van der Waals surface area contributed by atoms with Crippen LogP contribution >= 0.6 is 11.6 Å². The van der Waals surface area contributed by atoms with E-state index in [4.69, 9.17) is 16.1 Å². The molecule has 3 aromatic rings. The van der Waals surface area contributed by atoms with E-state index in [0.717, 1.165) is 24.9 Å². The molecule has 0 aliphatic carbocycles. The number of unbranched alkanes of at least 4 members (excludes halogenated alkanes) is 1. The molecule has 0 saturated heterocycles. The Hall–Kier alpha value is -2.47. The Morgan fingerprint density at radius 3 is 2.78 bits per heavy atom. The van der Waals surface area contributed by atoms with Crippen molar-refractivity contribution in [2.75, 3.05) is 0 Å². The Morgan fingerprint density at radius 2 is 2.04 bits per heavy atom. The molecule has 7 heteroatoms. The monoisotopic (exact) mass is 330 g/mol. The molecule has 0 spiro atoms. The third-order valence-electron chi connectivity index (χ3n) is 3.43. The number of benzene rings is 1. The van der Waals surface area contributed by atoms with E-state index < -0.39 is 0 Å². The Kier molecular flexibility index (Phi) is 4.83. The van der Waals surface area contributed by atoms with Gasteiger partial charge >= 0.3 is 0 Å². The Balaban J connectivity index is 1.52. The predicted octanol–water partition coefficient (Wildman–Crippen LogP) is 3.64. The molecular formula is C16H15ClN4O2. The molecule has 23 heavy (non-hydrogen) atoms. The van der Waals surface area contributed by atoms with Gasteiger partial charge in [-0.2, -0.15) is 5.10 Å². The second-order valence-electron chi connectivity index (χ2n) is 5.12. The molecule has 6 nitrogen and oxygen atoms in total. The van der Waals surface area contributed by atoms with Crippen molar-refractivity contribution >= 4 is 17.4 Å². The van der Waals surface area contributed by atoms with Crippen molar-refractivity contribution in [3.05, 3.63) is 53.7 Å². The molecule has 0 N–H and O–H groups in total. The van der Waals surface area contributed by atoms with Crippen LogP contribution in [0.2, 0.25) is 5.02 Å². The van der Waals surface area contributed by atoms with Gasteiger partial charge in [0, 0.05) is 29.6 Å². The number of carbonyl (C=O) groups is 1. The summed E-state index contributed by atoms with van der Waals surface area (Å²) in [6.07, 6.45) is 5.22. The van der Waals surface area contributed by atoms with Gasteiger partial charge in [0.25, 0.3) is 0 Å². The molecule has 3 rings (SSSR count). The fourth-order valence-electron chi connectivity index (χ4n) is 2.19. The van der Waals surface area contributed by atoms with Crippen LogP contribution in [0.1, 0.15) is 29.8 Å². The maximum absolute atomic E-state index is 12.1. The number of hydrogen-bond acceptors (Lipinski definition) is 5. The highest BCUT2D eigenvalue weighted by Gasteiger charge is 2.13. The first-order chi connectivity index (χ1) is 11.2. The van der Waals surface area contributed by atoms with Gasteiger partial charge < -0.3 is 4.52 Å². The normalized spacial score (nSPS) is 10.8. The number of carbonyl (C=O) groups excluding carboxylic acids is 1. The van der Waals surface area contributed by atoms with Crippen molar-refractivity contribution in [3.8, 4) is 11.3 Å². The first-order valence-electron chi connectivity index (χ1n) is 7.30. The van der Waals surface area contributed by atoms with Crippen LogP contribution in [0.4, 0.5) is 0 Å². The minimum absolute atomic E-state index is 0.0208. The van der Waals surface area contributed by atoms with E-state index in [9.17, 15) is 4.79 Å². The highest BCUT2D eigenvalue weighted by atomic mass is 35.5. The predicted molar refractivity (Wildman–Crippen MR) is 85.2 cm³/mol. The summed E-state index contributed by atoms with van der Waals surface area (Å²) in [5, 5.41) is 8.53. The van der Waals surface area contributed by atoms with Gasteiger partial charge in [0.1, 0.15) is 18.3 Å². The molecule has 0 amide bonds. The summed E-state index contributed by atoms with van der Waals surface area (Å²) in [6, 6.07) is 8.86. The van der Waals surface area contributed by atoms with Crippen LogP contribution in [-0.4, -0.2) is 25.7 Å². The molecule has 0 bridgehead atoms. The summed E-state index contributed by atoms with van der Waals surface area (Å²) < 4.78 is 6.99. The average Bonchev–Trinajstić information content (AvgIpc) is 3.24. The zero-order valence-corrected chi connectivity index (χ0v) is 13.1. The molecule has 0 aliphatic rings. The number of Topliss-reactive ketones (excluding diaryl/α,β-unsaturated/α-hetero) is 1. The lowest BCUT2D eigenvalue weighted by atomic mass is 10.1. The quantitative estimate of drug-likeness (QED) is 0.488. The lowest BCUT2D eigenvalue weighted by molar-refractivity contribution is 0.0970. The van der Waals surface area contributed by atoms with E-state index >= 15 is 0 Å². The number of aromatic nitrogens is 4. The highest BCUT2D eigenvalue weighted by Crippen LogP contribution is 2.23. The number of rotatable bonds is 7. The van der Waals surface area contributed by atoms with Gasteiger partial charge in [0.15, 0.2) is 11.5 Å². The number of nitrogens with zero attached hydrogens (tertiary/aromatic N) is 4. The lowest BCUT2D eigenvalue weighted by Crippen LogP contribution is -2.02. The molecule has 118 valence electrons. The SMILES string of the molecule is O=C(CCCCn1cncn1)c1cc(-c2ccc(Cl)cc2)on1. The molecule has 2 heterocycles. The maximum Gasteiger partial charge on any atom is 0.184 e. The molecule has 0 aliphatic heterocycles. The number of aryl methyl sites for hydroxylation is 1. The lowest BCUT2D eigenvalue weighted by Gasteiger charge is -1.99. The molecule has 0 atom stereocenters. The van der Waals surface area contributed by atoms with Crippen LogP contribution in [0, 0.1) is 0 Å². The number of halogens is 1. The van der Waals surface area contributed by atoms with Crippen molar-refractivity contribution in [3.63, 3.8) is 0 Å². The van der Waals surface area contributed by atoms with Crippen LogP contribution in [-0.2, 0) is 6.54 Å². The van der Waals surface area contributed by atoms with Crippen molar-refractivity contribution in [2.24, 2.45) is 0 Å². The van der Waals surface area contributed by atoms with Crippen LogP contribution in [0.5, 0.6) is 0 Å². The smallest absolute Gasteiger partial charge is 0.184 e. The highest BCUT2D eigenvalue weighted by molar-refractivity contribution is 6.30. The molecule has 2 aromatic heterocycles. The van der Waals surface area contributed by atoms with Crippen molar-refractivity contribution < 1.29 is 9.32 Å². The molecule has 0 fully saturated rings. The molecule has 0 unspecified atom stereocenters. The molecule has 0 saturated carbocycles. The van der Waals surface area contributed by atoms with Crippen LogP contribution in [0.15, 0.2) is 47.5 Å². The summed E-state index contributed by atoms with van der Waals surface area (Å²) in [6.45, 7) is 0.752. The minimum Gasteiger partial charge on any atom is -0.356 e. The largest absolute Gasteiger partial charge is 0.356 e. The average molecular weight is 331 g/mol. The number of hydrogen-bond donors (Lipinski definition) is 0. The molecule has 1 aromatic carbocycles. The van der Waals surface area contributed by atoms with E-state index in [2.05, 4.69) is 15.2 Å². The number of ketones is 1. The van der Waals surface area contributed by atoms with E-state index in [1.54, 1.807) is 29.2 Å². The maximum atomic E-state index is 12.1. The van der Waals surface area contributed by atoms with Crippen molar-refractivity contribution in [2.45, 2.75) is 25.8 Å². The first kappa shape index (κ1) is 15.4. The van der Waals surface area contributed by atoms with E-state index in [-0.39, 0.29) is 5.78 Å².